The van der Waals surface area contributed by atoms with E-state index in [4.69, 9.17) is 15.0 Å². The molecule has 5 heteroatoms. The van der Waals surface area contributed by atoms with Crippen LogP contribution in [0.1, 0.15) is 0 Å². The van der Waals surface area contributed by atoms with Gasteiger partial charge in [0.1, 0.15) is 0 Å². The molecule has 0 saturated carbocycles. The summed E-state index contributed by atoms with van der Waals surface area (Å²) in [5.41, 5.74) is 8.38. The Balaban J connectivity index is 1.13. The summed E-state index contributed by atoms with van der Waals surface area (Å²) in [5, 5.41) is 12.5. The van der Waals surface area contributed by atoms with Crippen LogP contribution in [0.3, 0.4) is 0 Å². The van der Waals surface area contributed by atoms with Crippen LogP contribution in [-0.4, -0.2) is 19.5 Å². The largest absolute Gasteiger partial charge is 0.308 e. The number of benzene rings is 10. The molecule has 0 aliphatic carbocycles. The summed E-state index contributed by atoms with van der Waals surface area (Å²) in [5.74, 6) is 1.88. The maximum Gasteiger partial charge on any atom is 0.164 e. The summed E-state index contributed by atoms with van der Waals surface area (Å²) >= 11 is 1.87. The Bertz CT molecular complexity index is 3830. The molecule has 0 fully saturated rings. The minimum absolute atomic E-state index is 0.616. The van der Waals surface area contributed by atoms with Crippen molar-refractivity contribution >= 4 is 85.6 Å². The van der Waals surface area contributed by atoms with Gasteiger partial charge in [-0.3, -0.25) is 0 Å². The number of aromatic nitrogens is 4. The van der Waals surface area contributed by atoms with Crippen LogP contribution in [0.2, 0.25) is 0 Å². The average molecular weight is 807 g/mol. The molecular weight excluding hydrogens is 773 g/mol. The van der Waals surface area contributed by atoms with Crippen molar-refractivity contribution in [1.82, 2.24) is 19.5 Å². The fraction of sp³-hybridized carbons (Fsp3) is 0. The lowest BCUT2D eigenvalue weighted by molar-refractivity contribution is 1.07. The van der Waals surface area contributed by atoms with Crippen molar-refractivity contribution < 1.29 is 0 Å². The number of thiophene rings is 1. The topological polar surface area (TPSA) is 43.6 Å². The molecule has 13 rings (SSSR count). The summed E-state index contributed by atoms with van der Waals surface area (Å²) in [6.45, 7) is 0. The molecule has 0 atom stereocenters. The monoisotopic (exact) mass is 806 g/mol. The molecule has 0 spiro atoms. The Hall–Kier alpha value is -7.99. The van der Waals surface area contributed by atoms with Gasteiger partial charge in [0.25, 0.3) is 0 Å². The third kappa shape index (κ3) is 5.42. The van der Waals surface area contributed by atoms with E-state index in [1.54, 1.807) is 0 Å². The zero-order valence-electron chi connectivity index (χ0n) is 33.3. The summed E-state index contributed by atoms with van der Waals surface area (Å²) < 4.78 is 5.02. The molecule has 0 saturated heterocycles. The van der Waals surface area contributed by atoms with Gasteiger partial charge in [0, 0.05) is 48.6 Å². The van der Waals surface area contributed by atoms with Crippen LogP contribution in [0.5, 0.6) is 0 Å². The van der Waals surface area contributed by atoms with Gasteiger partial charge in [-0.05, 0) is 79.8 Å². The minimum Gasteiger partial charge on any atom is -0.308 e. The Morgan fingerprint density at radius 3 is 1.45 bits per heavy atom. The van der Waals surface area contributed by atoms with E-state index in [2.05, 4.69) is 174 Å². The third-order valence-electron chi connectivity index (χ3n) is 12.4. The fourth-order valence-corrected chi connectivity index (χ4v) is 10.8. The molecule has 62 heavy (non-hydrogen) atoms. The first-order valence-corrected chi connectivity index (χ1v) is 21.7. The van der Waals surface area contributed by atoms with Crippen LogP contribution >= 0.6 is 11.3 Å². The van der Waals surface area contributed by atoms with E-state index < -0.39 is 0 Å². The number of fused-ring (bicyclic) bond motifs is 13. The highest BCUT2D eigenvalue weighted by Crippen LogP contribution is 2.44. The summed E-state index contributed by atoms with van der Waals surface area (Å²) in [7, 11) is 0. The van der Waals surface area contributed by atoms with Gasteiger partial charge in [0.05, 0.1) is 15.7 Å². The van der Waals surface area contributed by atoms with Gasteiger partial charge in [-0.1, -0.05) is 170 Å². The first-order valence-electron chi connectivity index (χ1n) is 20.9. The van der Waals surface area contributed by atoms with Gasteiger partial charge in [-0.15, -0.1) is 11.3 Å². The zero-order valence-corrected chi connectivity index (χ0v) is 34.1. The van der Waals surface area contributed by atoms with E-state index in [9.17, 15) is 0 Å². The second kappa shape index (κ2) is 13.8. The van der Waals surface area contributed by atoms with E-state index in [1.807, 2.05) is 47.7 Å². The maximum absolute atomic E-state index is 5.26. The molecule has 0 N–H and O–H groups in total. The molecule has 0 amide bonds. The van der Waals surface area contributed by atoms with Crippen molar-refractivity contribution in [2.75, 3.05) is 0 Å². The van der Waals surface area contributed by atoms with E-state index in [0.717, 1.165) is 39.0 Å². The number of rotatable bonds is 5. The highest BCUT2D eigenvalue weighted by Gasteiger charge is 2.21. The lowest BCUT2D eigenvalue weighted by atomic mass is 9.91. The van der Waals surface area contributed by atoms with Gasteiger partial charge in [-0.25, -0.2) is 15.0 Å². The number of hydrogen-bond donors (Lipinski definition) is 0. The van der Waals surface area contributed by atoms with Crippen molar-refractivity contribution in [2.24, 2.45) is 0 Å². The number of hydrogen-bond acceptors (Lipinski definition) is 4. The van der Waals surface area contributed by atoms with E-state index in [1.165, 1.54) is 68.8 Å². The van der Waals surface area contributed by atoms with Crippen LogP contribution < -0.4 is 0 Å². The van der Waals surface area contributed by atoms with Crippen LogP contribution in [0.25, 0.3) is 125 Å². The van der Waals surface area contributed by atoms with E-state index >= 15 is 0 Å². The van der Waals surface area contributed by atoms with Crippen LogP contribution in [0.4, 0.5) is 0 Å². The molecule has 0 aliphatic rings. The number of para-hydroxylation sites is 1. The molecule has 0 radical (unpaired) electrons. The predicted octanol–water partition coefficient (Wildman–Crippen LogP) is 15.5. The van der Waals surface area contributed by atoms with Crippen molar-refractivity contribution in [3.05, 3.63) is 206 Å². The van der Waals surface area contributed by atoms with Crippen LogP contribution in [-0.2, 0) is 0 Å². The second-order valence-corrected chi connectivity index (χ2v) is 17.0. The lowest BCUT2D eigenvalue weighted by Gasteiger charge is -2.16. The molecular formula is C57H34N4S. The highest BCUT2D eigenvalue weighted by atomic mass is 32.1. The van der Waals surface area contributed by atoms with E-state index in [-0.39, 0.29) is 0 Å². The summed E-state index contributed by atoms with van der Waals surface area (Å²) in [6, 6.07) is 74.0. The Morgan fingerprint density at radius 1 is 0.306 bits per heavy atom. The molecule has 0 bridgehead atoms. The van der Waals surface area contributed by atoms with Gasteiger partial charge >= 0.3 is 0 Å². The molecule has 0 unspecified atom stereocenters. The zero-order chi connectivity index (χ0) is 40.7. The maximum atomic E-state index is 5.26. The Morgan fingerprint density at radius 2 is 0.790 bits per heavy atom. The van der Waals surface area contributed by atoms with Gasteiger partial charge in [0.2, 0.25) is 0 Å². The molecule has 13 aromatic rings. The summed E-state index contributed by atoms with van der Waals surface area (Å²) in [4.78, 5) is 15.6. The predicted molar refractivity (Wildman–Crippen MR) is 261 cm³/mol. The molecule has 4 nitrogen and oxygen atoms in total. The smallest absolute Gasteiger partial charge is 0.164 e. The first kappa shape index (κ1) is 34.8. The normalized spacial score (nSPS) is 11.9. The third-order valence-corrected chi connectivity index (χ3v) is 13.6. The number of nitrogens with zero attached hydrogens (tertiary/aromatic N) is 4. The average Bonchev–Trinajstić information content (AvgIpc) is 3.90. The van der Waals surface area contributed by atoms with Crippen molar-refractivity contribution in [1.29, 1.82) is 0 Å². The Kier molecular flexibility index (Phi) is 7.74. The van der Waals surface area contributed by atoms with Crippen molar-refractivity contribution in [2.45, 2.75) is 0 Å². The molecule has 3 heterocycles. The fourth-order valence-electron chi connectivity index (χ4n) is 9.56. The summed E-state index contributed by atoms with van der Waals surface area (Å²) in [6.07, 6.45) is 0. The first-order chi connectivity index (χ1) is 30.7. The van der Waals surface area contributed by atoms with Gasteiger partial charge < -0.3 is 4.57 Å². The minimum atomic E-state index is 0.616. The lowest BCUT2D eigenvalue weighted by Crippen LogP contribution is -2.02. The molecule has 288 valence electrons. The van der Waals surface area contributed by atoms with Crippen molar-refractivity contribution in [3.63, 3.8) is 0 Å². The molecule has 10 aromatic carbocycles. The van der Waals surface area contributed by atoms with E-state index in [0.29, 0.717) is 17.5 Å². The second-order valence-electron chi connectivity index (χ2n) is 15.9. The quantitative estimate of drug-likeness (QED) is 0.163. The van der Waals surface area contributed by atoms with Gasteiger partial charge in [0.15, 0.2) is 17.5 Å². The Labute approximate surface area is 360 Å². The molecule has 3 aromatic heterocycles. The standard InChI is InChI=1S/C57H34N4S/c1-3-15-35(16-4-1)55-58-56(36-17-5-2-6-18-36)60-57(59-55)39-31-38(37-27-28-45-43-21-8-7-19-41(43)42-20-9-10-22-44(42)50(45)34-37)32-40(33-39)61-51-25-13-11-23-46(51)48-29-30-49-47-24-12-14-26-52(47)62-54(49)53(48)61/h1-34H. The van der Waals surface area contributed by atoms with Gasteiger partial charge in [-0.2, -0.15) is 0 Å². The highest BCUT2D eigenvalue weighted by molar-refractivity contribution is 7.26. The van der Waals surface area contributed by atoms with Crippen LogP contribution in [0, 0.1) is 0 Å². The SMILES string of the molecule is c1ccc(-c2nc(-c3ccccc3)nc(-c3cc(-c4ccc5c6ccccc6c6ccccc6c5c4)cc(-n4c5ccccc5c5ccc6c7ccccc7sc6c54)c3)n2)cc1. The molecule has 0 aliphatic heterocycles. The van der Waals surface area contributed by atoms with Crippen molar-refractivity contribution in [3.8, 4) is 51.0 Å². The van der Waals surface area contributed by atoms with Crippen LogP contribution in [0.15, 0.2) is 206 Å².